The van der Waals surface area contributed by atoms with Crippen LogP contribution in [-0.2, 0) is 4.79 Å². The number of alkyl halides is 3. The molecule has 1 amide bonds. The maximum atomic E-state index is 12.7. The first-order valence-corrected chi connectivity index (χ1v) is 7.18. The highest BCUT2D eigenvalue weighted by molar-refractivity contribution is 5.78. The molecule has 7 heteroatoms. The van der Waals surface area contributed by atoms with Crippen LogP contribution in [0.3, 0.4) is 0 Å². The van der Waals surface area contributed by atoms with E-state index in [9.17, 15) is 18.0 Å². The molecular weight excluding hydrogens is 271 g/mol. The summed E-state index contributed by atoms with van der Waals surface area (Å²) < 4.78 is 38.2. The van der Waals surface area contributed by atoms with Gasteiger partial charge in [-0.15, -0.1) is 0 Å². The standard InChI is InChI=1S/C13H22F3N3O/c14-13(15,16)10-2-1-5-19(8-10)12(20)9-18-6-3-11(17)4-7-18/h10-11H,1-9,17H2. The zero-order valence-electron chi connectivity index (χ0n) is 11.5. The first-order valence-electron chi connectivity index (χ1n) is 7.18. The molecule has 0 aromatic rings. The molecule has 2 rings (SSSR count). The fourth-order valence-electron chi connectivity index (χ4n) is 2.87. The summed E-state index contributed by atoms with van der Waals surface area (Å²) in [4.78, 5) is 15.5. The van der Waals surface area contributed by atoms with Gasteiger partial charge in [-0.05, 0) is 25.7 Å². The molecule has 0 aromatic carbocycles. The zero-order chi connectivity index (χ0) is 14.8. The topological polar surface area (TPSA) is 49.6 Å². The van der Waals surface area contributed by atoms with Crippen LogP contribution in [0.15, 0.2) is 0 Å². The van der Waals surface area contributed by atoms with Crippen LogP contribution in [0.25, 0.3) is 0 Å². The lowest BCUT2D eigenvalue weighted by molar-refractivity contribution is -0.188. The van der Waals surface area contributed by atoms with Gasteiger partial charge in [0.2, 0.25) is 5.91 Å². The molecule has 1 unspecified atom stereocenters. The Kier molecular flexibility index (Phi) is 4.90. The molecule has 0 spiro atoms. The first kappa shape index (κ1) is 15.6. The van der Waals surface area contributed by atoms with Crippen molar-refractivity contribution in [2.24, 2.45) is 11.7 Å². The molecule has 2 fully saturated rings. The Morgan fingerprint density at radius 3 is 2.40 bits per heavy atom. The second kappa shape index (κ2) is 6.30. The lowest BCUT2D eigenvalue weighted by atomic mass is 9.97. The largest absolute Gasteiger partial charge is 0.393 e. The smallest absolute Gasteiger partial charge is 0.341 e. The van der Waals surface area contributed by atoms with Crippen molar-refractivity contribution in [2.75, 3.05) is 32.7 Å². The van der Waals surface area contributed by atoms with Crippen LogP contribution in [0.4, 0.5) is 13.2 Å². The van der Waals surface area contributed by atoms with Gasteiger partial charge >= 0.3 is 6.18 Å². The van der Waals surface area contributed by atoms with E-state index < -0.39 is 12.1 Å². The van der Waals surface area contributed by atoms with Crippen LogP contribution in [0, 0.1) is 5.92 Å². The van der Waals surface area contributed by atoms with E-state index in [0.717, 1.165) is 25.9 Å². The molecular formula is C13H22F3N3O. The molecule has 2 heterocycles. The maximum absolute atomic E-state index is 12.7. The third-order valence-corrected chi connectivity index (χ3v) is 4.23. The van der Waals surface area contributed by atoms with E-state index >= 15 is 0 Å². The Balaban J connectivity index is 1.83. The number of carbonyl (C=O) groups excluding carboxylic acids is 1. The van der Waals surface area contributed by atoms with E-state index in [2.05, 4.69) is 0 Å². The number of carbonyl (C=O) groups is 1. The average Bonchev–Trinajstić information content (AvgIpc) is 2.40. The molecule has 2 aliphatic heterocycles. The summed E-state index contributed by atoms with van der Waals surface area (Å²) >= 11 is 0. The molecule has 0 saturated carbocycles. The second-order valence-electron chi connectivity index (χ2n) is 5.83. The third kappa shape index (κ3) is 4.09. The monoisotopic (exact) mass is 293 g/mol. The molecule has 0 aromatic heterocycles. The van der Waals surface area contributed by atoms with Gasteiger partial charge in [-0.3, -0.25) is 9.69 Å². The molecule has 20 heavy (non-hydrogen) atoms. The van der Waals surface area contributed by atoms with Crippen molar-refractivity contribution in [2.45, 2.75) is 37.9 Å². The highest BCUT2D eigenvalue weighted by Crippen LogP contribution is 2.33. The quantitative estimate of drug-likeness (QED) is 0.832. The summed E-state index contributed by atoms with van der Waals surface area (Å²) in [5, 5.41) is 0. The minimum atomic E-state index is -4.20. The first-order chi connectivity index (χ1) is 9.36. The zero-order valence-corrected chi connectivity index (χ0v) is 11.5. The minimum Gasteiger partial charge on any atom is -0.341 e. The number of halogens is 3. The molecule has 2 aliphatic rings. The Labute approximate surface area is 117 Å². The van der Waals surface area contributed by atoms with Gasteiger partial charge in [0.25, 0.3) is 0 Å². The number of hydrogen-bond donors (Lipinski definition) is 1. The van der Waals surface area contributed by atoms with Gasteiger partial charge in [-0.2, -0.15) is 13.2 Å². The SMILES string of the molecule is NC1CCN(CC(=O)N2CCCC(C(F)(F)F)C2)CC1. The normalized spacial score (nSPS) is 26.8. The van der Waals surface area contributed by atoms with E-state index in [1.165, 1.54) is 4.90 Å². The predicted octanol–water partition coefficient (Wildman–Crippen LogP) is 1.21. The number of piperidine rings is 2. The lowest BCUT2D eigenvalue weighted by Crippen LogP contribution is -2.49. The van der Waals surface area contributed by atoms with Gasteiger partial charge in [0.05, 0.1) is 12.5 Å². The summed E-state index contributed by atoms with van der Waals surface area (Å²) in [7, 11) is 0. The van der Waals surface area contributed by atoms with Crippen LogP contribution < -0.4 is 5.73 Å². The Bertz CT molecular complexity index is 340. The van der Waals surface area contributed by atoms with Gasteiger partial charge in [-0.25, -0.2) is 0 Å². The number of amides is 1. The van der Waals surface area contributed by atoms with E-state index in [0.29, 0.717) is 13.0 Å². The van der Waals surface area contributed by atoms with E-state index in [1.807, 2.05) is 4.90 Å². The highest BCUT2D eigenvalue weighted by Gasteiger charge is 2.42. The minimum absolute atomic E-state index is 0.131. The average molecular weight is 293 g/mol. The fourth-order valence-corrected chi connectivity index (χ4v) is 2.87. The number of nitrogens with zero attached hydrogens (tertiary/aromatic N) is 2. The molecule has 116 valence electrons. The number of nitrogens with two attached hydrogens (primary N) is 1. The Morgan fingerprint density at radius 2 is 1.80 bits per heavy atom. The Hall–Kier alpha value is -0.820. The highest BCUT2D eigenvalue weighted by atomic mass is 19.4. The van der Waals surface area contributed by atoms with Crippen molar-refractivity contribution in [1.29, 1.82) is 0 Å². The summed E-state index contributed by atoms with van der Waals surface area (Å²) in [6, 6.07) is 0.186. The second-order valence-corrected chi connectivity index (χ2v) is 5.83. The molecule has 0 bridgehead atoms. The van der Waals surface area contributed by atoms with Crippen molar-refractivity contribution in [1.82, 2.24) is 9.80 Å². The fraction of sp³-hybridized carbons (Fsp3) is 0.923. The molecule has 2 N–H and O–H groups in total. The van der Waals surface area contributed by atoms with Crippen molar-refractivity contribution >= 4 is 5.91 Å². The van der Waals surface area contributed by atoms with Gasteiger partial charge in [-0.1, -0.05) is 0 Å². The van der Waals surface area contributed by atoms with E-state index in [1.54, 1.807) is 0 Å². The summed E-state index contributed by atoms with van der Waals surface area (Å²) in [5.74, 6) is -1.55. The van der Waals surface area contributed by atoms with Crippen LogP contribution >= 0.6 is 0 Å². The molecule has 1 atom stereocenters. The van der Waals surface area contributed by atoms with Gasteiger partial charge in [0, 0.05) is 32.2 Å². The van der Waals surface area contributed by atoms with Crippen molar-refractivity contribution < 1.29 is 18.0 Å². The van der Waals surface area contributed by atoms with Gasteiger partial charge < -0.3 is 10.6 Å². The van der Waals surface area contributed by atoms with E-state index in [-0.39, 0.29) is 31.5 Å². The number of rotatable bonds is 2. The molecule has 2 saturated heterocycles. The number of likely N-dealkylation sites (tertiary alicyclic amines) is 2. The summed E-state index contributed by atoms with van der Waals surface area (Å²) in [6.45, 7) is 1.98. The number of hydrogen-bond acceptors (Lipinski definition) is 3. The van der Waals surface area contributed by atoms with Crippen LogP contribution in [0.5, 0.6) is 0 Å². The third-order valence-electron chi connectivity index (χ3n) is 4.23. The van der Waals surface area contributed by atoms with Gasteiger partial charge in [0.1, 0.15) is 0 Å². The molecule has 4 nitrogen and oxygen atoms in total. The Morgan fingerprint density at radius 1 is 1.15 bits per heavy atom. The summed E-state index contributed by atoms with van der Waals surface area (Å²) in [5.41, 5.74) is 5.79. The van der Waals surface area contributed by atoms with Crippen molar-refractivity contribution in [3.05, 3.63) is 0 Å². The van der Waals surface area contributed by atoms with Crippen molar-refractivity contribution in [3.63, 3.8) is 0 Å². The molecule has 0 aliphatic carbocycles. The predicted molar refractivity (Wildman–Crippen MR) is 69.0 cm³/mol. The van der Waals surface area contributed by atoms with Crippen LogP contribution in [0.2, 0.25) is 0 Å². The summed E-state index contributed by atoms with van der Waals surface area (Å²) in [6.07, 6.45) is -1.94. The van der Waals surface area contributed by atoms with Crippen LogP contribution in [-0.4, -0.2) is 60.6 Å². The van der Waals surface area contributed by atoms with Crippen molar-refractivity contribution in [3.8, 4) is 0 Å². The van der Waals surface area contributed by atoms with Crippen LogP contribution in [0.1, 0.15) is 25.7 Å². The lowest BCUT2D eigenvalue weighted by Gasteiger charge is -2.36. The van der Waals surface area contributed by atoms with E-state index in [4.69, 9.17) is 5.73 Å². The van der Waals surface area contributed by atoms with Gasteiger partial charge in [0.15, 0.2) is 0 Å². The maximum Gasteiger partial charge on any atom is 0.393 e. The molecule has 0 radical (unpaired) electrons.